The fourth-order valence-corrected chi connectivity index (χ4v) is 2.94. The van der Waals surface area contributed by atoms with Gasteiger partial charge in [0.2, 0.25) is 5.91 Å². The van der Waals surface area contributed by atoms with E-state index in [-0.39, 0.29) is 31.1 Å². The lowest BCUT2D eigenvalue weighted by molar-refractivity contribution is -0.138. The standard InChI is InChI=1S/C16H19ClN2O4/c1-2-12-8-18(5-6-22-12)15(20)9-19-13-7-11(17)3-4-14(13)23-10-16(19)21/h3-4,7,12H,2,5-6,8-10H2,1H3/t12-/m0/s1. The van der Waals surface area contributed by atoms with Gasteiger partial charge in [-0.15, -0.1) is 0 Å². The summed E-state index contributed by atoms with van der Waals surface area (Å²) < 4.78 is 11.0. The lowest BCUT2D eigenvalue weighted by Gasteiger charge is -2.35. The second-order valence-corrected chi connectivity index (χ2v) is 6.06. The van der Waals surface area contributed by atoms with Gasteiger partial charge in [0.1, 0.15) is 12.3 Å². The van der Waals surface area contributed by atoms with Gasteiger partial charge < -0.3 is 14.4 Å². The normalized spacial score (nSPS) is 21.0. The van der Waals surface area contributed by atoms with Crippen molar-refractivity contribution in [3.63, 3.8) is 0 Å². The van der Waals surface area contributed by atoms with Gasteiger partial charge in [-0.3, -0.25) is 14.5 Å². The Labute approximate surface area is 139 Å². The number of hydrogen-bond donors (Lipinski definition) is 0. The van der Waals surface area contributed by atoms with E-state index in [1.165, 1.54) is 4.90 Å². The predicted octanol–water partition coefficient (Wildman–Crippen LogP) is 1.70. The molecule has 23 heavy (non-hydrogen) atoms. The number of halogens is 1. The molecule has 0 N–H and O–H groups in total. The van der Waals surface area contributed by atoms with Crippen LogP contribution in [-0.4, -0.2) is 55.7 Å². The zero-order valence-corrected chi connectivity index (χ0v) is 13.7. The predicted molar refractivity (Wildman–Crippen MR) is 85.9 cm³/mol. The summed E-state index contributed by atoms with van der Waals surface area (Å²) in [5.41, 5.74) is 0.544. The molecular formula is C16H19ClN2O4. The number of anilines is 1. The second kappa shape index (κ2) is 6.76. The van der Waals surface area contributed by atoms with E-state index >= 15 is 0 Å². The summed E-state index contributed by atoms with van der Waals surface area (Å²) in [6, 6.07) is 5.06. The number of morpholine rings is 1. The maximum atomic E-state index is 12.6. The smallest absolute Gasteiger partial charge is 0.265 e. The topological polar surface area (TPSA) is 59.1 Å². The third-order valence-electron chi connectivity index (χ3n) is 4.10. The molecule has 2 aliphatic rings. The highest BCUT2D eigenvalue weighted by Gasteiger charge is 2.30. The maximum absolute atomic E-state index is 12.6. The Morgan fingerprint density at radius 2 is 2.26 bits per heavy atom. The number of ether oxygens (including phenoxy) is 2. The molecule has 0 radical (unpaired) electrons. The van der Waals surface area contributed by atoms with Crippen LogP contribution in [0.25, 0.3) is 0 Å². The average molecular weight is 339 g/mol. The largest absolute Gasteiger partial charge is 0.482 e. The summed E-state index contributed by atoms with van der Waals surface area (Å²) >= 11 is 6.01. The molecule has 7 heteroatoms. The van der Waals surface area contributed by atoms with Crippen molar-refractivity contribution in [2.45, 2.75) is 19.4 Å². The number of hydrogen-bond acceptors (Lipinski definition) is 4. The van der Waals surface area contributed by atoms with Gasteiger partial charge in [-0.05, 0) is 24.6 Å². The molecule has 1 aromatic rings. The van der Waals surface area contributed by atoms with Crippen LogP contribution in [0, 0.1) is 0 Å². The molecule has 6 nitrogen and oxygen atoms in total. The van der Waals surface area contributed by atoms with Gasteiger partial charge in [0.15, 0.2) is 6.61 Å². The van der Waals surface area contributed by atoms with E-state index < -0.39 is 0 Å². The second-order valence-electron chi connectivity index (χ2n) is 5.62. The zero-order chi connectivity index (χ0) is 16.4. The van der Waals surface area contributed by atoms with Crippen LogP contribution < -0.4 is 9.64 Å². The molecule has 0 spiro atoms. The summed E-state index contributed by atoms with van der Waals surface area (Å²) in [6.07, 6.45) is 0.924. The first-order valence-electron chi connectivity index (χ1n) is 7.70. The van der Waals surface area contributed by atoms with Gasteiger partial charge in [-0.1, -0.05) is 18.5 Å². The minimum absolute atomic E-state index is 0.00797. The van der Waals surface area contributed by atoms with E-state index in [0.29, 0.717) is 36.2 Å². The van der Waals surface area contributed by atoms with Crippen LogP contribution in [0.3, 0.4) is 0 Å². The van der Waals surface area contributed by atoms with Gasteiger partial charge in [-0.2, -0.15) is 0 Å². The summed E-state index contributed by atoms with van der Waals surface area (Å²) in [4.78, 5) is 27.9. The van der Waals surface area contributed by atoms with E-state index in [2.05, 4.69) is 0 Å². The summed E-state index contributed by atoms with van der Waals surface area (Å²) in [5.74, 6) is 0.233. The van der Waals surface area contributed by atoms with Crippen molar-refractivity contribution in [3.05, 3.63) is 23.2 Å². The van der Waals surface area contributed by atoms with E-state index in [9.17, 15) is 9.59 Å². The van der Waals surface area contributed by atoms with Gasteiger partial charge in [0.25, 0.3) is 5.91 Å². The molecule has 0 aliphatic carbocycles. The van der Waals surface area contributed by atoms with E-state index in [0.717, 1.165) is 6.42 Å². The van der Waals surface area contributed by atoms with E-state index in [4.69, 9.17) is 21.1 Å². The third-order valence-corrected chi connectivity index (χ3v) is 4.34. The van der Waals surface area contributed by atoms with Crippen LogP contribution in [-0.2, 0) is 14.3 Å². The van der Waals surface area contributed by atoms with Gasteiger partial charge in [-0.25, -0.2) is 0 Å². The maximum Gasteiger partial charge on any atom is 0.265 e. The molecule has 0 bridgehead atoms. The lowest BCUT2D eigenvalue weighted by Crippen LogP contribution is -2.51. The minimum Gasteiger partial charge on any atom is -0.482 e. The number of fused-ring (bicyclic) bond motifs is 1. The molecular weight excluding hydrogens is 320 g/mol. The Kier molecular flexibility index (Phi) is 4.73. The number of amides is 2. The Balaban J connectivity index is 1.75. The van der Waals surface area contributed by atoms with Gasteiger partial charge >= 0.3 is 0 Å². The molecule has 124 valence electrons. The van der Waals surface area contributed by atoms with Crippen LogP contribution >= 0.6 is 11.6 Å². The first kappa shape index (κ1) is 16.1. The van der Waals surface area contributed by atoms with Crippen LogP contribution in [0.1, 0.15) is 13.3 Å². The molecule has 1 atom stereocenters. The van der Waals surface area contributed by atoms with Crippen molar-refractivity contribution < 1.29 is 19.1 Å². The number of nitrogens with zero attached hydrogens (tertiary/aromatic N) is 2. The monoisotopic (exact) mass is 338 g/mol. The first-order valence-corrected chi connectivity index (χ1v) is 8.08. The Hall–Kier alpha value is -1.79. The molecule has 3 rings (SSSR count). The molecule has 0 saturated carbocycles. The first-order chi connectivity index (χ1) is 11.1. The van der Waals surface area contributed by atoms with E-state index in [1.807, 2.05) is 6.92 Å². The van der Waals surface area contributed by atoms with Crippen molar-refractivity contribution in [3.8, 4) is 5.75 Å². The molecule has 0 aromatic heterocycles. The molecule has 0 unspecified atom stereocenters. The quantitative estimate of drug-likeness (QED) is 0.841. The van der Waals surface area contributed by atoms with Crippen molar-refractivity contribution in [1.82, 2.24) is 4.90 Å². The third kappa shape index (κ3) is 3.43. The lowest BCUT2D eigenvalue weighted by atomic mass is 10.2. The van der Waals surface area contributed by atoms with Crippen LogP contribution in [0.5, 0.6) is 5.75 Å². The van der Waals surface area contributed by atoms with Crippen molar-refractivity contribution >= 4 is 29.1 Å². The summed E-state index contributed by atoms with van der Waals surface area (Å²) in [7, 11) is 0. The van der Waals surface area contributed by atoms with Crippen molar-refractivity contribution in [2.24, 2.45) is 0 Å². The molecule has 2 amide bonds. The number of rotatable bonds is 3. The molecule has 1 saturated heterocycles. The van der Waals surface area contributed by atoms with Crippen molar-refractivity contribution in [2.75, 3.05) is 37.7 Å². The van der Waals surface area contributed by atoms with Crippen molar-refractivity contribution in [1.29, 1.82) is 0 Å². The van der Waals surface area contributed by atoms with E-state index in [1.54, 1.807) is 23.1 Å². The minimum atomic E-state index is -0.242. The summed E-state index contributed by atoms with van der Waals surface area (Å²) in [6.45, 7) is 3.60. The highest BCUT2D eigenvalue weighted by Crippen LogP contribution is 2.34. The fourth-order valence-electron chi connectivity index (χ4n) is 2.78. The number of carbonyl (C=O) groups excluding carboxylic acids is 2. The fraction of sp³-hybridized carbons (Fsp3) is 0.500. The summed E-state index contributed by atoms with van der Waals surface area (Å²) in [5, 5.41) is 0.497. The van der Waals surface area contributed by atoms with Crippen LogP contribution in [0.4, 0.5) is 5.69 Å². The molecule has 2 heterocycles. The Morgan fingerprint density at radius 3 is 3.04 bits per heavy atom. The van der Waals surface area contributed by atoms with Crippen LogP contribution in [0.15, 0.2) is 18.2 Å². The zero-order valence-electron chi connectivity index (χ0n) is 13.0. The van der Waals surface area contributed by atoms with Gasteiger partial charge in [0.05, 0.1) is 18.4 Å². The Morgan fingerprint density at radius 1 is 1.43 bits per heavy atom. The number of carbonyl (C=O) groups is 2. The SMILES string of the molecule is CC[C@H]1CN(C(=O)CN2C(=O)COc3ccc(Cl)cc32)CCO1. The number of benzene rings is 1. The molecule has 1 aromatic carbocycles. The highest BCUT2D eigenvalue weighted by atomic mass is 35.5. The highest BCUT2D eigenvalue weighted by molar-refractivity contribution is 6.31. The Bertz CT molecular complexity index is 622. The molecule has 2 aliphatic heterocycles. The van der Waals surface area contributed by atoms with Crippen LogP contribution in [0.2, 0.25) is 5.02 Å². The average Bonchev–Trinajstić information content (AvgIpc) is 2.57. The van der Waals surface area contributed by atoms with Gasteiger partial charge in [0, 0.05) is 18.1 Å². The molecule has 1 fully saturated rings.